The maximum absolute atomic E-state index is 12.6. The molecule has 4 rings (SSSR count). The molecule has 7 heteroatoms. The van der Waals surface area contributed by atoms with Crippen molar-refractivity contribution in [3.05, 3.63) is 84.1 Å². The number of carbonyl (C=O) groups is 1. The summed E-state index contributed by atoms with van der Waals surface area (Å²) in [7, 11) is 0. The Kier molecular flexibility index (Phi) is 5.90. The molecule has 30 heavy (non-hydrogen) atoms. The van der Waals surface area contributed by atoms with E-state index in [9.17, 15) is 4.79 Å². The van der Waals surface area contributed by atoms with E-state index in [0.717, 1.165) is 28.2 Å². The van der Waals surface area contributed by atoms with Crippen LogP contribution in [0.4, 0.5) is 5.69 Å². The summed E-state index contributed by atoms with van der Waals surface area (Å²) in [5.74, 6) is 0.778. The van der Waals surface area contributed by atoms with E-state index in [-0.39, 0.29) is 11.7 Å². The van der Waals surface area contributed by atoms with E-state index in [4.69, 9.17) is 0 Å². The Balaban J connectivity index is 1.59. The molecule has 0 aliphatic carbocycles. The molecule has 150 valence electrons. The molecule has 0 unspecified atom stereocenters. The molecule has 0 bridgehead atoms. The number of rotatable bonds is 6. The second-order valence-electron chi connectivity index (χ2n) is 6.80. The van der Waals surface area contributed by atoms with Crippen LogP contribution in [0.3, 0.4) is 0 Å². The van der Waals surface area contributed by atoms with E-state index in [2.05, 4.69) is 20.5 Å². The first kappa shape index (κ1) is 19.8. The summed E-state index contributed by atoms with van der Waals surface area (Å²) in [5, 5.41) is 12.3. The van der Waals surface area contributed by atoms with Gasteiger partial charge in [0.15, 0.2) is 11.0 Å². The number of pyridine rings is 1. The standard InChI is InChI=1S/C23H21N5OS/c1-16-9-8-10-17(2)21(16)25-20(29)15-30-23-27-26-22(19-13-6-7-14-24-19)28(23)18-11-4-3-5-12-18/h3-14H,15H2,1-2H3,(H,25,29). The third kappa shape index (κ3) is 4.26. The quantitative estimate of drug-likeness (QED) is 0.463. The Hall–Kier alpha value is -3.45. The maximum Gasteiger partial charge on any atom is 0.234 e. The van der Waals surface area contributed by atoms with Crippen molar-refractivity contribution in [3.63, 3.8) is 0 Å². The summed E-state index contributed by atoms with van der Waals surface area (Å²) in [6.45, 7) is 3.97. The number of hydrogen-bond acceptors (Lipinski definition) is 5. The molecule has 0 radical (unpaired) electrons. The molecular weight excluding hydrogens is 394 g/mol. The van der Waals surface area contributed by atoms with Crippen LogP contribution in [0, 0.1) is 13.8 Å². The van der Waals surface area contributed by atoms with Crippen molar-refractivity contribution in [2.75, 3.05) is 11.1 Å². The van der Waals surface area contributed by atoms with Gasteiger partial charge in [-0.2, -0.15) is 0 Å². The van der Waals surface area contributed by atoms with Crippen molar-refractivity contribution < 1.29 is 4.79 Å². The first-order valence-corrected chi connectivity index (χ1v) is 10.5. The van der Waals surface area contributed by atoms with Gasteiger partial charge in [0.25, 0.3) is 0 Å². The van der Waals surface area contributed by atoms with Gasteiger partial charge in [-0.3, -0.25) is 14.3 Å². The van der Waals surface area contributed by atoms with Crippen LogP contribution in [0.2, 0.25) is 0 Å². The zero-order valence-electron chi connectivity index (χ0n) is 16.7. The van der Waals surface area contributed by atoms with Crippen LogP contribution in [-0.2, 0) is 4.79 Å². The predicted molar refractivity (Wildman–Crippen MR) is 120 cm³/mol. The molecule has 0 saturated heterocycles. The molecule has 0 aliphatic rings. The summed E-state index contributed by atoms with van der Waals surface area (Å²) < 4.78 is 1.93. The largest absolute Gasteiger partial charge is 0.325 e. The van der Waals surface area contributed by atoms with Crippen molar-refractivity contribution in [1.29, 1.82) is 0 Å². The Morgan fingerprint density at radius 1 is 0.933 bits per heavy atom. The molecule has 1 amide bonds. The maximum atomic E-state index is 12.6. The number of carbonyl (C=O) groups excluding carboxylic acids is 1. The average Bonchev–Trinajstić information content (AvgIpc) is 3.20. The van der Waals surface area contributed by atoms with Gasteiger partial charge in [-0.1, -0.05) is 54.2 Å². The number of para-hydroxylation sites is 2. The van der Waals surface area contributed by atoms with Gasteiger partial charge in [0.05, 0.1) is 5.75 Å². The smallest absolute Gasteiger partial charge is 0.234 e. The number of thioether (sulfide) groups is 1. The molecule has 0 saturated carbocycles. The van der Waals surface area contributed by atoms with Gasteiger partial charge in [-0.25, -0.2) is 0 Å². The molecule has 2 aromatic heterocycles. The van der Waals surface area contributed by atoms with Crippen molar-refractivity contribution in [1.82, 2.24) is 19.7 Å². The molecule has 0 spiro atoms. The summed E-state index contributed by atoms with van der Waals surface area (Å²) >= 11 is 1.35. The van der Waals surface area contributed by atoms with Crippen molar-refractivity contribution in [3.8, 4) is 17.2 Å². The summed E-state index contributed by atoms with van der Waals surface area (Å²) in [6, 6.07) is 21.5. The number of nitrogens with zero attached hydrogens (tertiary/aromatic N) is 4. The molecule has 0 aliphatic heterocycles. The molecule has 6 nitrogen and oxygen atoms in total. The fourth-order valence-electron chi connectivity index (χ4n) is 3.15. The highest BCUT2D eigenvalue weighted by Gasteiger charge is 2.18. The lowest BCUT2D eigenvalue weighted by molar-refractivity contribution is -0.113. The topological polar surface area (TPSA) is 72.7 Å². The minimum absolute atomic E-state index is 0.0839. The van der Waals surface area contributed by atoms with Gasteiger partial charge >= 0.3 is 0 Å². The highest BCUT2D eigenvalue weighted by atomic mass is 32.2. The fourth-order valence-corrected chi connectivity index (χ4v) is 3.90. The van der Waals surface area contributed by atoms with Crippen molar-refractivity contribution in [2.45, 2.75) is 19.0 Å². The number of aromatic nitrogens is 4. The predicted octanol–water partition coefficient (Wildman–Crippen LogP) is 4.68. The highest BCUT2D eigenvalue weighted by Crippen LogP contribution is 2.27. The zero-order chi connectivity index (χ0) is 20.9. The number of nitrogens with one attached hydrogen (secondary N) is 1. The Bertz CT molecular complexity index is 1140. The molecule has 1 N–H and O–H groups in total. The summed E-state index contributed by atoms with van der Waals surface area (Å²) in [6.07, 6.45) is 1.73. The number of benzene rings is 2. The third-order valence-corrected chi connectivity index (χ3v) is 5.55. The molecule has 2 aromatic carbocycles. The third-order valence-electron chi connectivity index (χ3n) is 4.62. The minimum atomic E-state index is -0.0839. The van der Waals surface area contributed by atoms with Crippen LogP contribution in [-0.4, -0.2) is 31.4 Å². The van der Waals surface area contributed by atoms with E-state index < -0.39 is 0 Å². The van der Waals surface area contributed by atoms with Gasteiger partial charge in [0.2, 0.25) is 5.91 Å². The van der Waals surface area contributed by atoms with Crippen molar-refractivity contribution in [2.24, 2.45) is 0 Å². The summed E-state index contributed by atoms with van der Waals surface area (Å²) in [4.78, 5) is 17.0. The number of aryl methyl sites for hydroxylation is 2. The van der Waals surface area contributed by atoms with Gasteiger partial charge in [0.1, 0.15) is 5.69 Å². The van der Waals surface area contributed by atoms with Crippen molar-refractivity contribution >= 4 is 23.4 Å². The first-order chi connectivity index (χ1) is 14.6. The van der Waals surface area contributed by atoms with E-state index in [1.165, 1.54) is 11.8 Å². The van der Waals surface area contributed by atoms with Crippen LogP contribution in [0.15, 0.2) is 78.1 Å². The Labute approximate surface area is 179 Å². The van der Waals surface area contributed by atoms with E-state index in [0.29, 0.717) is 11.0 Å². The lowest BCUT2D eigenvalue weighted by atomic mass is 10.1. The Morgan fingerprint density at radius 2 is 1.67 bits per heavy atom. The SMILES string of the molecule is Cc1cccc(C)c1NC(=O)CSc1nnc(-c2ccccn2)n1-c1ccccc1. The molecule has 0 fully saturated rings. The number of anilines is 1. The zero-order valence-corrected chi connectivity index (χ0v) is 17.6. The number of amides is 1. The molecular formula is C23H21N5OS. The van der Waals surface area contributed by atoms with Crippen LogP contribution < -0.4 is 5.32 Å². The monoisotopic (exact) mass is 415 g/mol. The lowest BCUT2D eigenvalue weighted by Gasteiger charge is -2.12. The van der Waals surface area contributed by atoms with Crippen LogP contribution in [0.5, 0.6) is 0 Å². The van der Waals surface area contributed by atoms with Crippen LogP contribution in [0.25, 0.3) is 17.2 Å². The molecule has 2 heterocycles. The van der Waals surface area contributed by atoms with Gasteiger partial charge < -0.3 is 5.32 Å². The van der Waals surface area contributed by atoms with Crippen LogP contribution in [0.1, 0.15) is 11.1 Å². The van der Waals surface area contributed by atoms with Gasteiger partial charge in [0, 0.05) is 17.6 Å². The van der Waals surface area contributed by atoms with E-state index >= 15 is 0 Å². The fraction of sp³-hybridized carbons (Fsp3) is 0.130. The average molecular weight is 416 g/mol. The van der Waals surface area contributed by atoms with Gasteiger partial charge in [-0.05, 0) is 49.2 Å². The Morgan fingerprint density at radius 3 is 2.37 bits per heavy atom. The summed E-state index contributed by atoms with van der Waals surface area (Å²) in [5.41, 5.74) is 4.58. The molecule has 0 atom stereocenters. The second-order valence-corrected chi connectivity index (χ2v) is 7.74. The van der Waals surface area contributed by atoms with E-state index in [1.54, 1.807) is 6.20 Å². The second kappa shape index (κ2) is 8.92. The first-order valence-electron chi connectivity index (χ1n) is 9.54. The molecule has 4 aromatic rings. The number of hydrogen-bond donors (Lipinski definition) is 1. The van der Waals surface area contributed by atoms with Crippen LogP contribution >= 0.6 is 11.8 Å². The lowest BCUT2D eigenvalue weighted by Crippen LogP contribution is -2.16. The minimum Gasteiger partial charge on any atom is -0.325 e. The van der Waals surface area contributed by atoms with E-state index in [1.807, 2.05) is 85.1 Å². The van der Waals surface area contributed by atoms with Gasteiger partial charge in [-0.15, -0.1) is 10.2 Å². The normalized spacial score (nSPS) is 10.7. The highest BCUT2D eigenvalue weighted by molar-refractivity contribution is 7.99.